The van der Waals surface area contributed by atoms with Crippen LogP contribution in [0.2, 0.25) is 0 Å². The van der Waals surface area contributed by atoms with Crippen molar-refractivity contribution in [3.63, 3.8) is 0 Å². The normalized spacial score (nSPS) is 14.9. The number of hydrogen-bond acceptors (Lipinski definition) is 10. The highest BCUT2D eigenvalue weighted by atomic mass is 16.2. The van der Waals surface area contributed by atoms with Gasteiger partial charge in [-0.25, -0.2) is 0 Å². The summed E-state index contributed by atoms with van der Waals surface area (Å²) in [7, 11) is 0. The Hall–Kier alpha value is -3.34. The van der Waals surface area contributed by atoms with E-state index in [1.54, 1.807) is 0 Å². The van der Waals surface area contributed by atoms with Crippen molar-refractivity contribution < 1.29 is 28.8 Å². The number of carbonyl (C=O) groups is 6. The highest BCUT2D eigenvalue weighted by Gasteiger charge is 2.33. The molecule has 0 aliphatic carbocycles. The molecule has 16 heteroatoms. The number of amides is 6. The van der Waals surface area contributed by atoms with E-state index >= 15 is 0 Å². The fourth-order valence-corrected chi connectivity index (χ4v) is 5.69. The van der Waals surface area contributed by atoms with Crippen molar-refractivity contribution in [1.29, 1.82) is 0 Å². The van der Waals surface area contributed by atoms with Crippen molar-refractivity contribution in [3.8, 4) is 0 Å². The fraction of sp³-hybridized carbons (Fsp3) is 0.833. The first-order valence-electron chi connectivity index (χ1n) is 19.1. The van der Waals surface area contributed by atoms with Gasteiger partial charge in [0.25, 0.3) is 0 Å². The zero-order chi connectivity index (χ0) is 39.8. The van der Waals surface area contributed by atoms with Gasteiger partial charge in [0, 0.05) is 0 Å². The second kappa shape index (κ2) is 27.3. The van der Waals surface area contributed by atoms with E-state index in [1.807, 2.05) is 41.5 Å². The van der Waals surface area contributed by atoms with Crippen molar-refractivity contribution in [2.45, 2.75) is 155 Å². The van der Waals surface area contributed by atoms with Crippen LogP contribution in [0.5, 0.6) is 0 Å². The molecule has 6 amide bonds. The molecule has 0 aromatic carbocycles. The molecule has 0 heterocycles. The fourth-order valence-electron chi connectivity index (χ4n) is 5.69. The molecule has 0 saturated heterocycles. The van der Waals surface area contributed by atoms with Gasteiger partial charge in [-0.1, -0.05) is 41.5 Å². The van der Waals surface area contributed by atoms with Gasteiger partial charge < -0.3 is 55.3 Å². The molecule has 16 nitrogen and oxygen atoms in total. The third kappa shape index (κ3) is 21.2. The van der Waals surface area contributed by atoms with E-state index in [4.69, 9.17) is 28.7 Å². The quantitative estimate of drug-likeness (QED) is 0.0449. The van der Waals surface area contributed by atoms with Crippen LogP contribution in [0, 0.1) is 17.8 Å². The van der Waals surface area contributed by atoms with Gasteiger partial charge in [0.1, 0.15) is 30.2 Å². The monoisotopic (exact) mass is 741 g/mol. The first kappa shape index (κ1) is 48.7. The molecular weight excluding hydrogens is 668 g/mol. The molecular formula is C36H72N10O6. The van der Waals surface area contributed by atoms with Crippen molar-refractivity contribution >= 4 is 35.4 Å². The maximum Gasteiger partial charge on any atom is 0.243 e. The zero-order valence-electron chi connectivity index (χ0n) is 32.6. The Bertz CT molecular complexity index is 1090. The second-order valence-electron chi connectivity index (χ2n) is 15.1. The van der Waals surface area contributed by atoms with Crippen LogP contribution in [0.3, 0.4) is 0 Å². The number of unbranched alkanes of at least 4 members (excludes halogenated alkanes) is 3. The summed E-state index contributed by atoms with van der Waals surface area (Å²) in [5.41, 5.74) is 28.6. The van der Waals surface area contributed by atoms with Crippen LogP contribution in [0.15, 0.2) is 0 Å². The Labute approximate surface area is 311 Å². The average molecular weight is 741 g/mol. The van der Waals surface area contributed by atoms with Crippen molar-refractivity contribution in [1.82, 2.24) is 26.6 Å². The van der Waals surface area contributed by atoms with Gasteiger partial charge in [-0.05, 0) is 114 Å². The third-order valence-electron chi connectivity index (χ3n) is 8.51. The van der Waals surface area contributed by atoms with Gasteiger partial charge in [-0.15, -0.1) is 0 Å². The smallest absolute Gasteiger partial charge is 0.243 e. The lowest BCUT2D eigenvalue weighted by molar-refractivity contribution is -0.135. The molecule has 302 valence electrons. The molecule has 0 rings (SSSR count). The number of nitrogens with two attached hydrogens (primary N) is 5. The topological polar surface area (TPSA) is 293 Å². The van der Waals surface area contributed by atoms with Gasteiger partial charge in [0.2, 0.25) is 35.4 Å². The lowest BCUT2D eigenvalue weighted by atomic mass is 9.99. The lowest BCUT2D eigenvalue weighted by Gasteiger charge is -2.28. The molecule has 0 spiro atoms. The molecule has 0 bridgehead atoms. The summed E-state index contributed by atoms with van der Waals surface area (Å²) >= 11 is 0. The van der Waals surface area contributed by atoms with Crippen molar-refractivity contribution in [2.24, 2.45) is 46.4 Å². The van der Waals surface area contributed by atoms with Crippen LogP contribution in [0.4, 0.5) is 0 Å². The molecule has 0 unspecified atom stereocenters. The maximum atomic E-state index is 13.8. The summed E-state index contributed by atoms with van der Waals surface area (Å²) in [6.07, 6.45) is 5.33. The lowest BCUT2D eigenvalue weighted by Crippen LogP contribution is -2.59. The molecule has 6 atom stereocenters. The largest absolute Gasteiger partial charge is 0.368 e. The SMILES string of the molecule is CC(C)C[C@H](NC(=O)[C@H](CCCCN)NC(=O)[C@H](CC(C)C)NC(=O)[C@H](CCCCN)NC(=O)[C@@H](N)CC(C)C)C(=O)N[C@@H](CCCCN)C(N)=O. The number of nitrogens with one attached hydrogen (secondary N) is 5. The predicted molar refractivity (Wildman–Crippen MR) is 204 cm³/mol. The average Bonchev–Trinajstić information content (AvgIpc) is 3.05. The first-order valence-corrected chi connectivity index (χ1v) is 19.1. The van der Waals surface area contributed by atoms with Crippen LogP contribution in [0.25, 0.3) is 0 Å². The molecule has 0 fully saturated rings. The van der Waals surface area contributed by atoms with E-state index in [1.165, 1.54) is 0 Å². The van der Waals surface area contributed by atoms with Gasteiger partial charge >= 0.3 is 0 Å². The first-order chi connectivity index (χ1) is 24.5. The molecule has 15 N–H and O–H groups in total. The van der Waals surface area contributed by atoms with Crippen LogP contribution >= 0.6 is 0 Å². The van der Waals surface area contributed by atoms with Gasteiger partial charge in [-0.2, -0.15) is 0 Å². The highest BCUT2D eigenvalue weighted by Crippen LogP contribution is 2.12. The third-order valence-corrected chi connectivity index (χ3v) is 8.51. The van der Waals surface area contributed by atoms with Gasteiger partial charge in [0.05, 0.1) is 6.04 Å². The van der Waals surface area contributed by atoms with E-state index < -0.39 is 71.7 Å². The number of hydrogen-bond donors (Lipinski definition) is 10. The number of primary amides is 1. The van der Waals surface area contributed by atoms with Crippen molar-refractivity contribution in [3.05, 3.63) is 0 Å². The Morgan fingerprint density at radius 2 is 0.712 bits per heavy atom. The van der Waals surface area contributed by atoms with Crippen LogP contribution in [-0.2, 0) is 28.8 Å². The van der Waals surface area contributed by atoms with Crippen LogP contribution in [0.1, 0.15) is 119 Å². The Morgan fingerprint density at radius 1 is 0.423 bits per heavy atom. The van der Waals surface area contributed by atoms with E-state index in [0.29, 0.717) is 77.4 Å². The molecule has 0 radical (unpaired) electrons. The van der Waals surface area contributed by atoms with Gasteiger partial charge in [-0.3, -0.25) is 28.8 Å². The molecule has 0 aromatic rings. The summed E-state index contributed by atoms with van der Waals surface area (Å²) in [6, 6.07) is -5.77. The summed E-state index contributed by atoms with van der Waals surface area (Å²) in [4.78, 5) is 79.6. The van der Waals surface area contributed by atoms with E-state index in [9.17, 15) is 28.8 Å². The molecule has 52 heavy (non-hydrogen) atoms. The van der Waals surface area contributed by atoms with Crippen molar-refractivity contribution in [2.75, 3.05) is 19.6 Å². The van der Waals surface area contributed by atoms with Crippen LogP contribution in [-0.4, -0.2) is 91.3 Å². The molecule has 0 saturated carbocycles. The van der Waals surface area contributed by atoms with Gasteiger partial charge in [0.15, 0.2) is 0 Å². The zero-order valence-corrected chi connectivity index (χ0v) is 32.6. The summed E-state index contributed by atoms with van der Waals surface area (Å²) in [6.45, 7) is 12.7. The summed E-state index contributed by atoms with van der Waals surface area (Å²) in [5.74, 6) is -3.29. The summed E-state index contributed by atoms with van der Waals surface area (Å²) < 4.78 is 0. The molecule has 0 aromatic heterocycles. The Kier molecular flexibility index (Phi) is 25.5. The summed E-state index contributed by atoms with van der Waals surface area (Å²) in [5, 5.41) is 13.8. The maximum absolute atomic E-state index is 13.8. The number of rotatable bonds is 29. The molecule has 0 aliphatic heterocycles. The highest BCUT2D eigenvalue weighted by molar-refractivity contribution is 5.96. The Balaban J connectivity index is 6.17. The minimum atomic E-state index is -1.06. The van der Waals surface area contributed by atoms with E-state index in [2.05, 4.69) is 26.6 Å². The van der Waals surface area contributed by atoms with E-state index in [0.717, 1.165) is 0 Å². The minimum Gasteiger partial charge on any atom is -0.368 e. The standard InChI is InChI=1S/C36H72N10O6/c1-22(2)19-25(40)32(48)43-27(14-8-11-17-38)33(49)46-30(21-24(5)6)36(52)44-28(15-9-12-18-39)34(50)45-29(20-23(3)4)35(51)42-26(31(41)47)13-7-10-16-37/h22-30H,7-21,37-40H2,1-6H3,(H2,41,47)(H,42,51)(H,43,48)(H,44,52)(H,45,50)(H,46,49)/t25-,26-,27-,28-,29-,30-/m0/s1. The minimum absolute atomic E-state index is 0.00514. The second-order valence-corrected chi connectivity index (χ2v) is 15.1. The molecule has 0 aliphatic rings. The Morgan fingerprint density at radius 3 is 1.04 bits per heavy atom. The van der Waals surface area contributed by atoms with Crippen LogP contribution < -0.4 is 55.3 Å². The number of carbonyl (C=O) groups excluding carboxylic acids is 6. The van der Waals surface area contributed by atoms with E-state index in [-0.39, 0.29) is 37.0 Å². The predicted octanol–water partition coefficient (Wildman–Crippen LogP) is -0.252.